The quantitative estimate of drug-likeness (QED) is 0.830. The zero-order valence-corrected chi connectivity index (χ0v) is 11.9. The Hall–Kier alpha value is -1.89. The number of carboxylic acid groups (broad SMARTS) is 1. The minimum atomic E-state index is -1.31. The minimum absolute atomic E-state index is 0.00547. The Bertz CT molecular complexity index is 602. The standard InChI is InChI=1S/C14H16BFO5/c1-3-10(17)6-9-4-8-5-11(16)7(2)12(14(18)19)13(8)21-15(9)20/h5,9,20H,3-4,6H2,1-2H3,(H,18,19)/t9-/m1/s1. The van der Waals surface area contributed by atoms with Crippen LogP contribution in [0.1, 0.15) is 41.3 Å². The lowest BCUT2D eigenvalue weighted by Crippen LogP contribution is -2.36. The molecule has 0 aromatic heterocycles. The van der Waals surface area contributed by atoms with Crippen LogP contribution in [-0.2, 0) is 11.2 Å². The molecule has 0 saturated carbocycles. The summed E-state index contributed by atoms with van der Waals surface area (Å²) in [5.74, 6) is -2.47. The van der Waals surface area contributed by atoms with Gasteiger partial charge in [0.1, 0.15) is 22.9 Å². The lowest BCUT2D eigenvalue weighted by Gasteiger charge is -2.28. The summed E-state index contributed by atoms with van der Waals surface area (Å²) in [6.07, 6.45) is 0.674. The molecule has 5 nitrogen and oxygen atoms in total. The highest BCUT2D eigenvalue weighted by atomic mass is 19.1. The van der Waals surface area contributed by atoms with Gasteiger partial charge in [-0.3, -0.25) is 4.79 Å². The predicted molar refractivity (Wildman–Crippen MR) is 74.1 cm³/mol. The van der Waals surface area contributed by atoms with Crippen LogP contribution in [0.2, 0.25) is 5.82 Å². The molecule has 1 atom stereocenters. The van der Waals surface area contributed by atoms with Gasteiger partial charge in [0.2, 0.25) is 0 Å². The number of carboxylic acids is 1. The number of fused-ring (bicyclic) bond motifs is 1. The number of carbonyl (C=O) groups is 2. The Morgan fingerprint density at radius 2 is 2.19 bits per heavy atom. The maximum absolute atomic E-state index is 13.8. The molecule has 0 fully saturated rings. The van der Waals surface area contributed by atoms with Gasteiger partial charge in [0.05, 0.1) is 0 Å². The molecule has 1 aromatic carbocycles. The first-order valence-electron chi connectivity index (χ1n) is 6.76. The second-order valence-electron chi connectivity index (χ2n) is 5.22. The van der Waals surface area contributed by atoms with E-state index in [-0.39, 0.29) is 35.5 Å². The molecular weight excluding hydrogens is 278 g/mol. The first-order chi connectivity index (χ1) is 9.85. The van der Waals surface area contributed by atoms with Gasteiger partial charge >= 0.3 is 13.1 Å². The summed E-state index contributed by atoms with van der Waals surface area (Å²) in [6.45, 7) is 3.07. The summed E-state index contributed by atoms with van der Waals surface area (Å²) >= 11 is 0. The van der Waals surface area contributed by atoms with Crippen molar-refractivity contribution in [2.45, 2.75) is 38.9 Å². The highest BCUT2D eigenvalue weighted by molar-refractivity contribution is 6.47. The molecule has 21 heavy (non-hydrogen) atoms. The van der Waals surface area contributed by atoms with Crippen LogP contribution in [0.4, 0.5) is 4.39 Å². The van der Waals surface area contributed by atoms with Crippen molar-refractivity contribution < 1.29 is 28.8 Å². The monoisotopic (exact) mass is 294 g/mol. The highest BCUT2D eigenvalue weighted by Crippen LogP contribution is 2.38. The van der Waals surface area contributed by atoms with Crippen molar-refractivity contribution in [3.8, 4) is 5.75 Å². The van der Waals surface area contributed by atoms with Crippen LogP contribution < -0.4 is 4.65 Å². The van der Waals surface area contributed by atoms with E-state index in [1.165, 1.54) is 13.0 Å². The molecule has 2 rings (SSSR count). The lowest BCUT2D eigenvalue weighted by molar-refractivity contribution is -0.118. The summed E-state index contributed by atoms with van der Waals surface area (Å²) in [7, 11) is -1.27. The van der Waals surface area contributed by atoms with Crippen molar-refractivity contribution in [1.29, 1.82) is 0 Å². The Balaban J connectivity index is 2.42. The number of ketones is 1. The van der Waals surface area contributed by atoms with Gasteiger partial charge in [0, 0.05) is 24.2 Å². The Kier molecular flexibility index (Phi) is 4.32. The van der Waals surface area contributed by atoms with Gasteiger partial charge in [-0.1, -0.05) is 6.92 Å². The van der Waals surface area contributed by atoms with E-state index in [0.717, 1.165) is 0 Å². The van der Waals surface area contributed by atoms with Crippen LogP contribution in [0, 0.1) is 12.7 Å². The van der Waals surface area contributed by atoms with Gasteiger partial charge in [-0.05, 0) is 25.0 Å². The van der Waals surface area contributed by atoms with Crippen molar-refractivity contribution in [1.82, 2.24) is 0 Å². The van der Waals surface area contributed by atoms with Crippen molar-refractivity contribution in [3.63, 3.8) is 0 Å². The minimum Gasteiger partial charge on any atom is -0.535 e. The average molecular weight is 294 g/mol. The van der Waals surface area contributed by atoms with Crippen molar-refractivity contribution in [3.05, 3.63) is 28.6 Å². The lowest BCUT2D eigenvalue weighted by atomic mass is 9.64. The predicted octanol–water partition coefficient (Wildman–Crippen LogP) is 1.99. The van der Waals surface area contributed by atoms with Gasteiger partial charge in [0.25, 0.3) is 0 Å². The van der Waals surface area contributed by atoms with Crippen molar-refractivity contribution in [2.24, 2.45) is 0 Å². The fourth-order valence-corrected chi connectivity index (χ4v) is 2.53. The number of aromatic carboxylic acids is 1. The molecule has 0 saturated heterocycles. The smallest absolute Gasteiger partial charge is 0.526 e. The number of carbonyl (C=O) groups excluding carboxylic acids is 1. The molecule has 112 valence electrons. The molecule has 0 aliphatic carbocycles. The van der Waals surface area contributed by atoms with Crippen LogP contribution in [0.25, 0.3) is 0 Å². The van der Waals surface area contributed by atoms with E-state index in [9.17, 15) is 24.1 Å². The van der Waals surface area contributed by atoms with Crippen LogP contribution in [0.15, 0.2) is 6.07 Å². The second-order valence-corrected chi connectivity index (χ2v) is 5.22. The average Bonchev–Trinajstić information content (AvgIpc) is 2.41. The van der Waals surface area contributed by atoms with E-state index in [1.54, 1.807) is 6.92 Å². The van der Waals surface area contributed by atoms with Crippen LogP contribution >= 0.6 is 0 Å². The molecule has 1 aliphatic rings. The molecule has 1 heterocycles. The number of hydrogen-bond acceptors (Lipinski definition) is 4. The Labute approximate surface area is 121 Å². The number of halogens is 1. The molecule has 0 unspecified atom stereocenters. The SMILES string of the molecule is CCC(=O)C[C@H]1Cc2cc(F)c(C)c(C(=O)O)c2OB1O. The van der Waals surface area contributed by atoms with Gasteiger partial charge in [0.15, 0.2) is 0 Å². The summed E-state index contributed by atoms with van der Waals surface area (Å²) < 4.78 is 19.1. The normalized spacial score (nSPS) is 17.1. The molecule has 0 amide bonds. The molecule has 0 bridgehead atoms. The summed E-state index contributed by atoms with van der Waals surface area (Å²) in [5.41, 5.74) is 0.0653. The van der Waals surface area contributed by atoms with E-state index in [4.69, 9.17) is 4.65 Å². The number of benzene rings is 1. The maximum atomic E-state index is 13.8. The maximum Gasteiger partial charge on any atom is 0.526 e. The van der Waals surface area contributed by atoms with Crippen LogP contribution in [0.5, 0.6) is 5.75 Å². The molecule has 0 radical (unpaired) electrons. The zero-order chi connectivity index (χ0) is 15.7. The largest absolute Gasteiger partial charge is 0.535 e. The Morgan fingerprint density at radius 1 is 1.52 bits per heavy atom. The third kappa shape index (κ3) is 2.92. The molecule has 0 spiro atoms. The van der Waals surface area contributed by atoms with Gasteiger partial charge in [-0.15, -0.1) is 0 Å². The van der Waals surface area contributed by atoms with E-state index in [1.807, 2.05) is 0 Å². The van der Waals surface area contributed by atoms with E-state index < -0.39 is 24.7 Å². The molecule has 2 N–H and O–H groups in total. The van der Waals surface area contributed by atoms with Gasteiger partial charge < -0.3 is 14.8 Å². The fourth-order valence-electron chi connectivity index (χ4n) is 2.53. The van der Waals surface area contributed by atoms with E-state index >= 15 is 0 Å². The molecule has 1 aromatic rings. The van der Waals surface area contributed by atoms with E-state index in [2.05, 4.69) is 0 Å². The third-order valence-electron chi connectivity index (χ3n) is 3.77. The summed E-state index contributed by atoms with van der Waals surface area (Å²) in [4.78, 5) is 22.8. The number of rotatable bonds is 4. The van der Waals surface area contributed by atoms with E-state index in [0.29, 0.717) is 12.0 Å². The number of Topliss-reactive ketones (excluding diaryl/α,β-unsaturated/α-hetero) is 1. The second kappa shape index (κ2) is 5.85. The van der Waals surface area contributed by atoms with Crippen molar-refractivity contribution >= 4 is 18.9 Å². The molecule has 1 aliphatic heterocycles. The summed E-state index contributed by atoms with van der Waals surface area (Å²) in [6, 6.07) is 1.21. The van der Waals surface area contributed by atoms with Gasteiger partial charge in [-0.2, -0.15) is 0 Å². The van der Waals surface area contributed by atoms with Crippen LogP contribution in [-0.4, -0.2) is 29.0 Å². The molecular formula is C14H16BFO5. The third-order valence-corrected chi connectivity index (χ3v) is 3.77. The zero-order valence-electron chi connectivity index (χ0n) is 11.9. The Morgan fingerprint density at radius 3 is 2.76 bits per heavy atom. The fraction of sp³-hybridized carbons (Fsp3) is 0.429. The number of hydrogen-bond donors (Lipinski definition) is 2. The molecule has 7 heteroatoms. The first kappa shape index (κ1) is 15.5. The first-order valence-corrected chi connectivity index (χ1v) is 6.76. The van der Waals surface area contributed by atoms with Crippen LogP contribution in [0.3, 0.4) is 0 Å². The van der Waals surface area contributed by atoms with Crippen molar-refractivity contribution in [2.75, 3.05) is 0 Å². The topological polar surface area (TPSA) is 83.8 Å². The highest BCUT2D eigenvalue weighted by Gasteiger charge is 2.38. The van der Waals surface area contributed by atoms with Gasteiger partial charge in [-0.25, -0.2) is 9.18 Å². The summed E-state index contributed by atoms with van der Waals surface area (Å²) in [5, 5.41) is 19.2.